The second kappa shape index (κ2) is 9.08. The smallest absolute Gasteiger partial charge is 0.344 e. The maximum Gasteiger partial charge on any atom is 0.344 e. The summed E-state index contributed by atoms with van der Waals surface area (Å²) in [5.41, 5.74) is -1.21. The number of carbonyl (C=O) groups is 1. The Labute approximate surface area is 189 Å². The van der Waals surface area contributed by atoms with E-state index in [0.29, 0.717) is 16.5 Å². The first-order valence-electron chi connectivity index (χ1n) is 9.59. The Bertz CT molecular complexity index is 1510. The Morgan fingerprint density at radius 2 is 1.62 bits per heavy atom. The van der Waals surface area contributed by atoms with Crippen LogP contribution in [0, 0.1) is 20.2 Å². The molecule has 0 spiro atoms. The SMILES string of the molecule is O=C(Oc1ccccc1C=Nn1cnc2ccccc2c1=O)c1cc([N+](=O)[O-])cc([N+](=O)[O-])c1. The number of aromatic nitrogens is 2. The third-order valence-electron chi connectivity index (χ3n) is 4.65. The summed E-state index contributed by atoms with van der Waals surface area (Å²) in [6.45, 7) is 0. The molecule has 4 aromatic rings. The van der Waals surface area contributed by atoms with Gasteiger partial charge in [0.25, 0.3) is 16.9 Å². The molecule has 0 amide bonds. The number of para-hydroxylation sites is 2. The lowest BCUT2D eigenvalue weighted by atomic mass is 10.1. The average molecular weight is 459 g/mol. The van der Waals surface area contributed by atoms with E-state index in [-0.39, 0.29) is 11.3 Å². The van der Waals surface area contributed by atoms with E-state index in [1.165, 1.54) is 18.6 Å². The minimum absolute atomic E-state index is 0.0206. The van der Waals surface area contributed by atoms with Crippen molar-refractivity contribution in [2.45, 2.75) is 0 Å². The molecule has 3 aromatic carbocycles. The highest BCUT2D eigenvalue weighted by Crippen LogP contribution is 2.24. The molecule has 1 heterocycles. The van der Waals surface area contributed by atoms with E-state index in [0.717, 1.165) is 22.9 Å². The molecule has 12 heteroatoms. The van der Waals surface area contributed by atoms with Crippen molar-refractivity contribution in [2.75, 3.05) is 0 Å². The van der Waals surface area contributed by atoms with Crippen LogP contribution in [0.25, 0.3) is 10.9 Å². The van der Waals surface area contributed by atoms with Gasteiger partial charge in [0.2, 0.25) is 0 Å². The quantitative estimate of drug-likeness (QED) is 0.139. The van der Waals surface area contributed by atoms with Gasteiger partial charge in [0.05, 0.1) is 38.6 Å². The van der Waals surface area contributed by atoms with Crippen molar-refractivity contribution in [1.82, 2.24) is 9.66 Å². The zero-order valence-electron chi connectivity index (χ0n) is 17.1. The van der Waals surface area contributed by atoms with Crippen molar-refractivity contribution in [1.29, 1.82) is 0 Å². The lowest BCUT2D eigenvalue weighted by Crippen LogP contribution is -2.17. The molecule has 0 aliphatic carbocycles. The van der Waals surface area contributed by atoms with Gasteiger partial charge in [0.1, 0.15) is 12.1 Å². The van der Waals surface area contributed by atoms with Crippen LogP contribution in [0.2, 0.25) is 0 Å². The summed E-state index contributed by atoms with van der Waals surface area (Å²) in [6.07, 6.45) is 2.52. The molecule has 0 N–H and O–H groups in total. The molecule has 0 aliphatic rings. The van der Waals surface area contributed by atoms with Crippen LogP contribution in [-0.4, -0.2) is 31.7 Å². The fourth-order valence-corrected chi connectivity index (χ4v) is 3.03. The maximum absolute atomic E-state index is 12.6. The number of nitrogens with zero attached hydrogens (tertiary/aromatic N) is 5. The van der Waals surface area contributed by atoms with Gasteiger partial charge in [-0.2, -0.15) is 9.78 Å². The van der Waals surface area contributed by atoms with Crippen LogP contribution < -0.4 is 10.3 Å². The van der Waals surface area contributed by atoms with E-state index < -0.39 is 32.7 Å². The molecule has 0 aliphatic heterocycles. The zero-order valence-corrected chi connectivity index (χ0v) is 17.1. The molecule has 34 heavy (non-hydrogen) atoms. The first-order chi connectivity index (χ1) is 16.3. The van der Waals surface area contributed by atoms with E-state index in [4.69, 9.17) is 4.74 Å². The van der Waals surface area contributed by atoms with Crippen LogP contribution in [0.1, 0.15) is 15.9 Å². The van der Waals surface area contributed by atoms with Gasteiger partial charge in [-0.15, -0.1) is 0 Å². The Kier molecular flexibility index (Phi) is 5.86. The summed E-state index contributed by atoms with van der Waals surface area (Å²) in [7, 11) is 0. The standard InChI is InChI=1S/C22H13N5O7/c28-21-18-6-2-3-7-19(18)23-13-25(21)24-12-14-5-1-4-8-20(14)34-22(29)15-9-16(26(30)31)11-17(10-15)27(32)33/h1-13H. The molecule has 0 atom stereocenters. The average Bonchev–Trinajstić information content (AvgIpc) is 2.84. The van der Waals surface area contributed by atoms with E-state index in [2.05, 4.69) is 10.1 Å². The lowest BCUT2D eigenvalue weighted by molar-refractivity contribution is -0.394. The normalized spacial score (nSPS) is 10.9. The first-order valence-corrected chi connectivity index (χ1v) is 9.59. The monoisotopic (exact) mass is 459 g/mol. The summed E-state index contributed by atoms with van der Waals surface area (Å²) in [5, 5.41) is 26.6. The summed E-state index contributed by atoms with van der Waals surface area (Å²) < 4.78 is 6.33. The fourth-order valence-electron chi connectivity index (χ4n) is 3.03. The topological polar surface area (TPSA) is 160 Å². The molecule has 4 rings (SSSR count). The predicted molar refractivity (Wildman–Crippen MR) is 120 cm³/mol. The number of ether oxygens (including phenoxy) is 1. The Morgan fingerprint density at radius 1 is 0.971 bits per heavy atom. The summed E-state index contributed by atoms with van der Waals surface area (Å²) in [6, 6.07) is 15.5. The fraction of sp³-hybridized carbons (Fsp3) is 0. The third-order valence-corrected chi connectivity index (χ3v) is 4.65. The largest absolute Gasteiger partial charge is 0.422 e. The Balaban J connectivity index is 1.65. The molecule has 1 aromatic heterocycles. The summed E-state index contributed by atoms with van der Waals surface area (Å²) in [4.78, 5) is 49.8. The molecule has 0 radical (unpaired) electrons. The first kappa shape index (κ1) is 22.0. The van der Waals surface area contributed by atoms with Gasteiger partial charge >= 0.3 is 5.97 Å². The molecular formula is C22H13N5O7. The van der Waals surface area contributed by atoms with Crippen LogP contribution in [0.4, 0.5) is 11.4 Å². The number of hydrogen-bond donors (Lipinski definition) is 0. The van der Waals surface area contributed by atoms with Gasteiger partial charge in [-0.3, -0.25) is 25.0 Å². The molecule has 0 unspecified atom stereocenters. The lowest BCUT2D eigenvalue weighted by Gasteiger charge is -2.07. The highest BCUT2D eigenvalue weighted by Gasteiger charge is 2.21. The Morgan fingerprint density at radius 3 is 2.32 bits per heavy atom. The van der Waals surface area contributed by atoms with Gasteiger partial charge in [-0.25, -0.2) is 9.78 Å². The minimum Gasteiger partial charge on any atom is -0.422 e. The van der Waals surface area contributed by atoms with Gasteiger partial charge in [0.15, 0.2) is 0 Å². The van der Waals surface area contributed by atoms with Gasteiger partial charge in [-0.05, 0) is 24.3 Å². The number of carbonyl (C=O) groups excluding carboxylic acids is 1. The highest BCUT2D eigenvalue weighted by molar-refractivity contribution is 5.94. The third kappa shape index (κ3) is 4.50. The van der Waals surface area contributed by atoms with E-state index in [1.807, 2.05) is 0 Å². The van der Waals surface area contributed by atoms with Crippen LogP contribution in [-0.2, 0) is 0 Å². The highest BCUT2D eigenvalue weighted by atomic mass is 16.6. The van der Waals surface area contributed by atoms with Crippen LogP contribution in [0.5, 0.6) is 5.75 Å². The summed E-state index contributed by atoms with van der Waals surface area (Å²) >= 11 is 0. The van der Waals surface area contributed by atoms with E-state index in [9.17, 15) is 29.8 Å². The second-order valence-corrected chi connectivity index (χ2v) is 6.84. The van der Waals surface area contributed by atoms with Crippen molar-refractivity contribution < 1.29 is 19.4 Å². The molecule has 168 valence electrons. The van der Waals surface area contributed by atoms with Crippen molar-refractivity contribution >= 4 is 34.5 Å². The molecule has 0 bridgehead atoms. The number of nitro benzene ring substituents is 2. The number of benzene rings is 3. The zero-order chi connectivity index (χ0) is 24.2. The number of nitro groups is 2. The Hall–Kier alpha value is -5.26. The van der Waals surface area contributed by atoms with Crippen molar-refractivity contribution in [3.05, 3.63) is 115 Å². The molecule has 0 saturated carbocycles. The maximum atomic E-state index is 12.6. The van der Waals surface area contributed by atoms with Gasteiger partial charge < -0.3 is 4.74 Å². The van der Waals surface area contributed by atoms with Crippen LogP contribution in [0.15, 0.2) is 83.0 Å². The molecule has 0 fully saturated rings. The van der Waals surface area contributed by atoms with Gasteiger partial charge in [0, 0.05) is 17.7 Å². The summed E-state index contributed by atoms with van der Waals surface area (Å²) in [5.74, 6) is -1.02. The second-order valence-electron chi connectivity index (χ2n) is 6.84. The van der Waals surface area contributed by atoms with Crippen molar-refractivity contribution in [2.24, 2.45) is 5.10 Å². The number of fused-ring (bicyclic) bond motifs is 1. The van der Waals surface area contributed by atoms with E-state index in [1.54, 1.807) is 42.5 Å². The number of hydrogen-bond acceptors (Lipinski definition) is 9. The molecular weight excluding hydrogens is 446 g/mol. The molecule has 0 saturated heterocycles. The van der Waals surface area contributed by atoms with E-state index >= 15 is 0 Å². The number of non-ortho nitro benzene ring substituents is 2. The van der Waals surface area contributed by atoms with Crippen LogP contribution >= 0.6 is 0 Å². The van der Waals surface area contributed by atoms with Gasteiger partial charge in [-0.1, -0.05) is 24.3 Å². The molecule has 12 nitrogen and oxygen atoms in total. The number of rotatable bonds is 6. The van der Waals surface area contributed by atoms with Crippen molar-refractivity contribution in [3.63, 3.8) is 0 Å². The van der Waals surface area contributed by atoms with Crippen molar-refractivity contribution in [3.8, 4) is 5.75 Å². The van der Waals surface area contributed by atoms with Crippen LogP contribution in [0.3, 0.4) is 0 Å². The minimum atomic E-state index is -1.04. The number of esters is 1. The predicted octanol–water partition coefficient (Wildman–Crippen LogP) is 3.31.